The minimum atomic E-state index is -0.731. The highest BCUT2D eigenvalue weighted by Crippen LogP contribution is 2.32. The van der Waals surface area contributed by atoms with Crippen LogP contribution < -0.4 is 15.8 Å². The van der Waals surface area contributed by atoms with Crippen molar-refractivity contribution >= 4 is 28.2 Å². The van der Waals surface area contributed by atoms with Gasteiger partial charge in [0.2, 0.25) is 0 Å². The van der Waals surface area contributed by atoms with Crippen molar-refractivity contribution in [1.82, 2.24) is 0 Å². The van der Waals surface area contributed by atoms with Crippen LogP contribution >= 0.6 is 11.3 Å². The van der Waals surface area contributed by atoms with E-state index in [-0.39, 0.29) is 5.91 Å². The van der Waals surface area contributed by atoms with Crippen LogP contribution in [0.3, 0.4) is 0 Å². The molecule has 1 aromatic heterocycles. The second-order valence-electron chi connectivity index (χ2n) is 6.49. The zero-order valence-corrected chi connectivity index (χ0v) is 16.8. The third-order valence-corrected chi connectivity index (χ3v) is 5.63. The molecule has 0 aliphatic carbocycles. The number of anilines is 1. The predicted molar refractivity (Wildman–Crippen MR) is 113 cm³/mol. The van der Waals surface area contributed by atoms with E-state index >= 15 is 0 Å². The molecule has 0 aliphatic rings. The zero-order valence-electron chi connectivity index (χ0n) is 16.0. The van der Waals surface area contributed by atoms with Crippen LogP contribution in [0.25, 0.3) is 11.1 Å². The summed E-state index contributed by atoms with van der Waals surface area (Å²) in [6.07, 6.45) is -0.731. The number of primary amides is 1. The molecule has 2 amide bonds. The summed E-state index contributed by atoms with van der Waals surface area (Å²) in [4.78, 5) is 25.2. The van der Waals surface area contributed by atoms with E-state index in [9.17, 15) is 9.59 Å². The average molecular weight is 394 g/mol. The van der Waals surface area contributed by atoms with Gasteiger partial charge in [0.25, 0.3) is 11.8 Å². The van der Waals surface area contributed by atoms with Gasteiger partial charge in [-0.25, -0.2) is 0 Å². The lowest BCUT2D eigenvalue weighted by Crippen LogP contribution is -2.30. The number of carbonyl (C=O) groups is 2. The Morgan fingerprint density at radius 2 is 1.61 bits per heavy atom. The molecule has 0 spiro atoms. The summed E-state index contributed by atoms with van der Waals surface area (Å²) in [6, 6.07) is 17.6. The Morgan fingerprint density at radius 3 is 2.21 bits per heavy atom. The monoisotopic (exact) mass is 394 g/mol. The summed E-state index contributed by atoms with van der Waals surface area (Å²) in [6.45, 7) is 5.36. The van der Waals surface area contributed by atoms with Gasteiger partial charge in [0.05, 0.1) is 5.56 Å². The van der Waals surface area contributed by atoms with Gasteiger partial charge in [-0.1, -0.05) is 42.5 Å². The van der Waals surface area contributed by atoms with E-state index in [1.807, 2.05) is 68.4 Å². The summed E-state index contributed by atoms with van der Waals surface area (Å²) in [7, 11) is 0. The zero-order chi connectivity index (χ0) is 20.3. The van der Waals surface area contributed by atoms with E-state index in [4.69, 9.17) is 10.5 Å². The molecule has 0 aliphatic heterocycles. The fourth-order valence-corrected chi connectivity index (χ4v) is 3.91. The molecule has 0 radical (unpaired) electrons. The van der Waals surface area contributed by atoms with Crippen LogP contribution in [0.2, 0.25) is 0 Å². The first kappa shape index (κ1) is 19.6. The van der Waals surface area contributed by atoms with Gasteiger partial charge in [0.1, 0.15) is 10.8 Å². The highest BCUT2D eigenvalue weighted by atomic mass is 32.1. The smallest absolute Gasteiger partial charge is 0.265 e. The fourth-order valence-electron chi connectivity index (χ4n) is 2.84. The number of hydrogen-bond donors (Lipinski definition) is 2. The normalized spacial score (nSPS) is 11.7. The molecule has 1 unspecified atom stereocenters. The Kier molecular flexibility index (Phi) is 5.80. The molecule has 1 atom stereocenters. The van der Waals surface area contributed by atoms with Gasteiger partial charge in [-0.15, -0.1) is 11.3 Å². The third-order valence-electron chi connectivity index (χ3n) is 4.51. The highest BCUT2D eigenvalue weighted by Gasteiger charge is 2.22. The van der Waals surface area contributed by atoms with E-state index < -0.39 is 12.0 Å². The first-order valence-corrected chi connectivity index (χ1v) is 9.71. The predicted octanol–water partition coefficient (Wildman–Crippen LogP) is 4.54. The molecule has 0 bridgehead atoms. The Balaban J connectivity index is 1.68. The SMILES string of the molecule is Cc1sc(NC(=O)C(C)Oc2ccc(-c3ccccc3)cc2)c(C(N)=O)c1C. The van der Waals surface area contributed by atoms with Gasteiger partial charge in [-0.2, -0.15) is 0 Å². The van der Waals surface area contributed by atoms with E-state index in [1.165, 1.54) is 11.3 Å². The maximum absolute atomic E-state index is 12.5. The van der Waals surface area contributed by atoms with Crippen molar-refractivity contribution < 1.29 is 14.3 Å². The number of rotatable bonds is 6. The van der Waals surface area contributed by atoms with Crippen LogP contribution in [0.1, 0.15) is 27.7 Å². The Morgan fingerprint density at radius 1 is 1.00 bits per heavy atom. The van der Waals surface area contributed by atoms with Gasteiger partial charge in [-0.3, -0.25) is 9.59 Å². The molecular formula is C22H22N2O3S. The molecule has 6 heteroatoms. The minimum absolute atomic E-state index is 0.337. The van der Waals surface area contributed by atoms with Crippen molar-refractivity contribution in [3.63, 3.8) is 0 Å². The number of nitrogens with two attached hydrogens (primary N) is 1. The highest BCUT2D eigenvalue weighted by molar-refractivity contribution is 7.16. The van der Waals surface area contributed by atoms with E-state index in [0.717, 1.165) is 21.6 Å². The minimum Gasteiger partial charge on any atom is -0.481 e. The largest absolute Gasteiger partial charge is 0.481 e. The quantitative estimate of drug-likeness (QED) is 0.644. The van der Waals surface area contributed by atoms with Crippen LogP contribution in [0.5, 0.6) is 5.75 Å². The van der Waals surface area contributed by atoms with Crippen molar-refractivity contribution in [2.75, 3.05) is 5.32 Å². The Labute approximate surface area is 168 Å². The molecule has 3 N–H and O–H groups in total. The van der Waals surface area contributed by atoms with E-state index in [1.54, 1.807) is 6.92 Å². The summed E-state index contributed by atoms with van der Waals surface area (Å²) >= 11 is 1.33. The maximum atomic E-state index is 12.5. The first-order chi connectivity index (χ1) is 13.4. The molecule has 1 heterocycles. The van der Waals surface area contributed by atoms with Crippen molar-refractivity contribution in [1.29, 1.82) is 0 Å². The standard InChI is InChI=1S/C22H22N2O3S/c1-13-15(3)28-22(19(13)20(23)25)24-21(26)14(2)27-18-11-9-17(10-12-18)16-7-5-4-6-8-16/h4-12,14H,1-3H3,(H2,23,25)(H,24,26). The number of nitrogens with one attached hydrogen (secondary N) is 1. The topological polar surface area (TPSA) is 81.4 Å². The van der Waals surface area contributed by atoms with Crippen molar-refractivity contribution in [2.45, 2.75) is 26.9 Å². The van der Waals surface area contributed by atoms with Crippen LogP contribution in [-0.4, -0.2) is 17.9 Å². The fraction of sp³-hybridized carbons (Fsp3) is 0.182. The number of ether oxygens (including phenoxy) is 1. The van der Waals surface area contributed by atoms with Crippen molar-refractivity contribution in [3.05, 3.63) is 70.6 Å². The summed E-state index contributed by atoms with van der Waals surface area (Å²) in [5.74, 6) is -0.297. The lowest BCUT2D eigenvalue weighted by molar-refractivity contribution is -0.122. The van der Waals surface area contributed by atoms with Crippen LogP contribution in [-0.2, 0) is 4.79 Å². The average Bonchev–Trinajstić information content (AvgIpc) is 2.96. The van der Waals surface area contributed by atoms with Gasteiger partial charge in [0, 0.05) is 4.88 Å². The summed E-state index contributed by atoms with van der Waals surface area (Å²) in [5.41, 5.74) is 8.78. The molecule has 0 saturated carbocycles. The van der Waals surface area contributed by atoms with Gasteiger partial charge < -0.3 is 15.8 Å². The second-order valence-corrected chi connectivity index (χ2v) is 7.72. The van der Waals surface area contributed by atoms with Crippen molar-refractivity contribution in [2.24, 2.45) is 5.73 Å². The maximum Gasteiger partial charge on any atom is 0.265 e. The summed E-state index contributed by atoms with van der Waals surface area (Å²) in [5, 5.41) is 3.23. The molecular weight excluding hydrogens is 372 g/mol. The van der Waals surface area contributed by atoms with Gasteiger partial charge >= 0.3 is 0 Å². The van der Waals surface area contributed by atoms with Gasteiger partial charge in [0.15, 0.2) is 6.10 Å². The molecule has 3 rings (SSSR count). The molecule has 5 nitrogen and oxygen atoms in total. The lowest BCUT2D eigenvalue weighted by atomic mass is 10.1. The van der Waals surface area contributed by atoms with E-state index in [0.29, 0.717) is 16.3 Å². The number of hydrogen-bond acceptors (Lipinski definition) is 4. The number of amides is 2. The van der Waals surface area contributed by atoms with Crippen LogP contribution in [0.15, 0.2) is 54.6 Å². The second kappa shape index (κ2) is 8.27. The number of aryl methyl sites for hydroxylation is 1. The Bertz CT molecular complexity index is 995. The molecule has 2 aromatic carbocycles. The molecule has 3 aromatic rings. The first-order valence-electron chi connectivity index (χ1n) is 8.89. The van der Waals surface area contributed by atoms with Gasteiger partial charge in [-0.05, 0) is 49.6 Å². The molecule has 0 saturated heterocycles. The van der Waals surface area contributed by atoms with Crippen LogP contribution in [0.4, 0.5) is 5.00 Å². The molecule has 0 fully saturated rings. The summed E-state index contributed by atoms with van der Waals surface area (Å²) < 4.78 is 5.75. The van der Waals surface area contributed by atoms with Crippen molar-refractivity contribution in [3.8, 4) is 16.9 Å². The third kappa shape index (κ3) is 4.23. The molecule has 144 valence electrons. The van der Waals surface area contributed by atoms with Crippen LogP contribution in [0, 0.1) is 13.8 Å². The Hall–Kier alpha value is -3.12. The molecule has 28 heavy (non-hydrogen) atoms. The number of thiophene rings is 1. The lowest BCUT2D eigenvalue weighted by Gasteiger charge is -2.15. The van der Waals surface area contributed by atoms with E-state index in [2.05, 4.69) is 5.32 Å². The number of carbonyl (C=O) groups excluding carboxylic acids is 2. The number of benzene rings is 2.